The third-order valence-electron chi connectivity index (χ3n) is 2.36. The van der Waals surface area contributed by atoms with Gasteiger partial charge in [-0.15, -0.1) is 0 Å². The Balaban J connectivity index is 3.17. The Bertz CT molecular complexity index is 572. The number of anilines is 1. The molecule has 0 amide bonds. The summed E-state index contributed by atoms with van der Waals surface area (Å²) in [5.74, 6) is -1.93. The molecule has 0 aliphatic carbocycles. The zero-order chi connectivity index (χ0) is 15.3. The molecule has 0 aliphatic heterocycles. The van der Waals surface area contributed by atoms with Crippen LogP contribution < -0.4 is 5.32 Å². The molecule has 0 saturated carbocycles. The minimum atomic E-state index is -0.756. The second-order valence-electron chi connectivity index (χ2n) is 3.78. The lowest BCUT2D eigenvalue weighted by Gasteiger charge is -2.12. The van der Waals surface area contributed by atoms with Gasteiger partial charge in [-0.2, -0.15) is 0 Å². The molecule has 0 saturated heterocycles. The molecular weight excluding hydrogens is 380 g/mol. The van der Waals surface area contributed by atoms with Crippen molar-refractivity contribution in [3.63, 3.8) is 0 Å². The van der Waals surface area contributed by atoms with E-state index in [1.54, 1.807) is 6.92 Å². The van der Waals surface area contributed by atoms with Crippen LogP contribution in [0.25, 0.3) is 0 Å². The number of benzene rings is 1. The summed E-state index contributed by atoms with van der Waals surface area (Å²) in [4.78, 5) is 22.8. The zero-order valence-electron chi connectivity index (χ0n) is 11.1. The number of rotatable bonds is 4. The van der Waals surface area contributed by atoms with E-state index in [4.69, 9.17) is 0 Å². The van der Waals surface area contributed by atoms with Gasteiger partial charge in [0, 0.05) is 3.57 Å². The number of nitrogens with one attached hydrogen (secondary N) is 1. The Hall–Kier alpha value is -1.64. The van der Waals surface area contributed by atoms with E-state index in [0.29, 0.717) is 11.3 Å². The third-order valence-corrected chi connectivity index (χ3v) is 3.79. The molecule has 20 heavy (non-hydrogen) atoms. The number of esters is 2. The van der Waals surface area contributed by atoms with Gasteiger partial charge in [0.2, 0.25) is 0 Å². The summed E-state index contributed by atoms with van der Waals surface area (Å²) in [6.07, 6.45) is 0.947. The van der Waals surface area contributed by atoms with Gasteiger partial charge >= 0.3 is 11.9 Å². The highest BCUT2D eigenvalue weighted by Crippen LogP contribution is 2.24. The van der Waals surface area contributed by atoms with Gasteiger partial charge in [0.1, 0.15) is 11.5 Å². The van der Waals surface area contributed by atoms with Gasteiger partial charge in [-0.25, -0.2) is 14.0 Å². The fourth-order valence-corrected chi connectivity index (χ4v) is 1.84. The Morgan fingerprint density at radius 1 is 1.30 bits per heavy atom. The minimum Gasteiger partial charge on any atom is -0.466 e. The van der Waals surface area contributed by atoms with Crippen LogP contribution in [0.3, 0.4) is 0 Å². The van der Waals surface area contributed by atoms with Crippen molar-refractivity contribution in [3.8, 4) is 0 Å². The van der Waals surface area contributed by atoms with E-state index in [0.717, 1.165) is 9.65 Å². The number of aryl methyl sites for hydroxylation is 1. The normalized spacial score (nSPS) is 10.9. The summed E-state index contributed by atoms with van der Waals surface area (Å²) in [6, 6.07) is 2.59. The van der Waals surface area contributed by atoms with Gasteiger partial charge < -0.3 is 14.8 Å². The molecule has 0 radical (unpaired) electrons. The second-order valence-corrected chi connectivity index (χ2v) is 4.86. The first-order valence-corrected chi connectivity index (χ1v) is 6.57. The summed E-state index contributed by atoms with van der Waals surface area (Å²) < 4.78 is 23.1. The molecule has 7 heteroatoms. The number of halogens is 2. The van der Waals surface area contributed by atoms with Crippen LogP contribution in [-0.2, 0) is 19.1 Å². The van der Waals surface area contributed by atoms with E-state index >= 15 is 0 Å². The van der Waals surface area contributed by atoms with E-state index in [9.17, 15) is 14.0 Å². The lowest BCUT2D eigenvalue weighted by atomic mass is 10.2. The lowest BCUT2D eigenvalue weighted by Crippen LogP contribution is -2.16. The molecule has 1 aromatic rings. The van der Waals surface area contributed by atoms with Crippen molar-refractivity contribution in [1.82, 2.24) is 0 Å². The molecular formula is C13H13FINO4. The van der Waals surface area contributed by atoms with Gasteiger partial charge in [-0.05, 0) is 47.2 Å². The Morgan fingerprint density at radius 2 is 1.95 bits per heavy atom. The highest BCUT2D eigenvalue weighted by molar-refractivity contribution is 14.1. The van der Waals surface area contributed by atoms with Crippen molar-refractivity contribution in [3.05, 3.63) is 38.9 Å². The Morgan fingerprint density at radius 3 is 2.50 bits per heavy atom. The van der Waals surface area contributed by atoms with Crippen molar-refractivity contribution in [2.75, 3.05) is 19.5 Å². The summed E-state index contributed by atoms with van der Waals surface area (Å²) in [6.45, 7) is 1.73. The molecule has 0 unspecified atom stereocenters. The first-order valence-electron chi connectivity index (χ1n) is 5.49. The topological polar surface area (TPSA) is 64.6 Å². The average Bonchev–Trinajstić information content (AvgIpc) is 2.42. The van der Waals surface area contributed by atoms with Crippen molar-refractivity contribution >= 4 is 40.2 Å². The highest BCUT2D eigenvalue weighted by Gasteiger charge is 2.15. The molecule has 0 aromatic heterocycles. The molecule has 0 aliphatic rings. The molecule has 5 nitrogen and oxygen atoms in total. The Kier molecular flexibility index (Phi) is 5.93. The van der Waals surface area contributed by atoms with Crippen LogP contribution in [0.4, 0.5) is 10.1 Å². The molecule has 0 atom stereocenters. The van der Waals surface area contributed by atoms with E-state index < -0.39 is 17.8 Å². The zero-order valence-corrected chi connectivity index (χ0v) is 13.3. The monoisotopic (exact) mass is 393 g/mol. The fourth-order valence-electron chi connectivity index (χ4n) is 1.39. The minimum absolute atomic E-state index is 0.137. The van der Waals surface area contributed by atoms with Crippen LogP contribution in [0, 0.1) is 16.3 Å². The first kappa shape index (κ1) is 16.4. The highest BCUT2D eigenvalue weighted by atomic mass is 127. The predicted octanol–water partition coefficient (Wildman–Crippen LogP) is 2.38. The van der Waals surface area contributed by atoms with E-state index in [-0.39, 0.29) is 5.70 Å². The van der Waals surface area contributed by atoms with E-state index in [1.807, 2.05) is 22.6 Å². The van der Waals surface area contributed by atoms with E-state index in [1.165, 1.54) is 26.4 Å². The standard InChI is InChI=1S/C13H13FINO4/c1-7-4-8(14)5-9(12(7)15)16-10(13(18)20-3)6-11(17)19-2/h4-6,16H,1-3H3/b10-6+. The van der Waals surface area contributed by atoms with Crippen molar-refractivity contribution < 1.29 is 23.5 Å². The molecule has 0 bridgehead atoms. The van der Waals surface area contributed by atoms with Crippen LogP contribution in [-0.4, -0.2) is 26.2 Å². The van der Waals surface area contributed by atoms with Crippen molar-refractivity contribution in [1.29, 1.82) is 0 Å². The van der Waals surface area contributed by atoms with Gasteiger partial charge in [0.25, 0.3) is 0 Å². The number of carbonyl (C=O) groups excluding carboxylic acids is 2. The van der Waals surface area contributed by atoms with Crippen LogP contribution in [0.15, 0.2) is 23.9 Å². The van der Waals surface area contributed by atoms with Gasteiger partial charge in [-0.1, -0.05) is 0 Å². The van der Waals surface area contributed by atoms with Gasteiger partial charge in [0.05, 0.1) is 26.0 Å². The van der Waals surface area contributed by atoms with Crippen LogP contribution in [0.1, 0.15) is 5.56 Å². The third kappa shape index (κ3) is 4.19. The predicted molar refractivity (Wildman–Crippen MR) is 79.6 cm³/mol. The number of carbonyl (C=O) groups is 2. The van der Waals surface area contributed by atoms with Crippen molar-refractivity contribution in [2.24, 2.45) is 0 Å². The lowest BCUT2D eigenvalue weighted by molar-refractivity contribution is -0.138. The SMILES string of the molecule is COC(=O)/C=C(/Nc1cc(F)cc(C)c1I)C(=O)OC. The molecule has 1 aromatic carbocycles. The van der Waals surface area contributed by atoms with Gasteiger partial charge in [-0.3, -0.25) is 0 Å². The first-order chi connectivity index (χ1) is 9.38. The van der Waals surface area contributed by atoms with Crippen LogP contribution in [0.5, 0.6) is 0 Å². The summed E-state index contributed by atoms with van der Waals surface area (Å²) >= 11 is 2.01. The number of methoxy groups -OCH3 is 2. The second kappa shape index (κ2) is 7.22. The molecule has 0 fully saturated rings. The molecule has 1 rings (SSSR count). The maximum atomic E-state index is 13.4. The number of ether oxygens (including phenoxy) is 2. The molecule has 0 spiro atoms. The van der Waals surface area contributed by atoms with Crippen molar-refractivity contribution in [2.45, 2.75) is 6.92 Å². The van der Waals surface area contributed by atoms with E-state index in [2.05, 4.69) is 14.8 Å². The fraction of sp³-hybridized carbons (Fsp3) is 0.231. The summed E-state index contributed by atoms with van der Waals surface area (Å²) in [5.41, 5.74) is 0.932. The van der Waals surface area contributed by atoms with Crippen LogP contribution >= 0.6 is 22.6 Å². The maximum Gasteiger partial charge on any atom is 0.354 e. The van der Waals surface area contributed by atoms with Gasteiger partial charge in [0.15, 0.2) is 0 Å². The molecule has 0 heterocycles. The smallest absolute Gasteiger partial charge is 0.354 e. The number of hydrogen-bond acceptors (Lipinski definition) is 5. The largest absolute Gasteiger partial charge is 0.466 e. The summed E-state index contributed by atoms with van der Waals surface area (Å²) in [7, 11) is 2.36. The Labute approximate surface area is 129 Å². The average molecular weight is 393 g/mol. The van der Waals surface area contributed by atoms with Crippen LogP contribution in [0.2, 0.25) is 0 Å². The maximum absolute atomic E-state index is 13.4. The molecule has 1 N–H and O–H groups in total. The summed E-state index contributed by atoms with van der Waals surface area (Å²) in [5, 5.41) is 2.68. The molecule has 108 valence electrons. The quantitative estimate of drug-likeness (QED) is 0.484. The number of hydrogen-bond donors (Lipinski definition) is 1.